The Morgan fingerprint density at radius 2 is 1.85 bits per heavy atom. The zero-order valence-electron chi connectivity index (χ0n) is 19.9. The summed E-state index contributed by atoms with van der Waals surface area (Å²) in [6.45, 7) is 7.15. The van der Waals surface area contributed by atoms with Crippen LogP contribution in [-0.2, 0) is 14.6 Å². The molecule has 1 aromatic carbocycles. The summed E-state index contributed by atoms with van der Waals surface area (Å²) in [5, 5.41) is 6.23. The molecule has 1 fully saturated rings. The van der Waals surface area contributed by atoms with Gasteiger partial charge in [0.15, 0.2) is 15.7 Å². The van der Waals surface area contributed by atoms with Crippen LogP contribution in [0.4, 0.5) is 11.5 Å². The van der Waals surface area contributed by atoms with Crippen LogP contribution in [0, 0.1) is 5.92 Å². The van der Waals surface area contributed by atoms with E-state index in [2.05, 4.69) is 15.6 Å². The molecule has 184 valence electrons. The lowest BCUT2D eigenvalue weighted by Crippen LogP contribution is -2.42. The summed E-state index contributed by atoms with van der Waals surface area (Å²) in [6.07, 6.45) is 4.44. The normalized spacial score (nSPS) is 15.1. The van der Waals surface area contributed by atoms with Crippen LogP contribution in [0.25, 0.3) is 0 Å². The molecule has 0 radical (unpaired) electrons. The van der Waals surface area contributed by atoms with E-state index in [1.807, 2.05) is 25.7 Å². The van der Waals surface area contributed by atoms with Gasteiger partial charge in [0.2, 0.25) is 5.91 Å². The van der Waals surface area contributed by atoms with Gasteiger partial charge in [-0.25, -0.2) is 13.4 Å². The summed E-state index contributed by atoms with van der Waals surface area (Å²) in [4.78, 5) is 31.6. The van der Waals surface area contributed by atoms with E-state index in [-0.39, 0.29) is 22.3 Å². The number of hydrogen-bond donors (Lipinski definition) is 2. The van der Waals surface area contributed by atoms with Crippen LogP contribution in [0.5, 0.6) is 0 Å². The zero-order valence-corrected chi connectivity index (χ0v) is 21.5. The van der Waals surface area contributed by atoms with Gasteiger partial charge in [-0.1, -0.05) is 17.7 Å². The molecule has 34 heavy (non-hydrogen) atoms. The molecule has 10 heteroatoms. The Morgan fingerprint density at radius 3 is 2.44 bits per heavy atom. The van der Waals surface area contributed by atoms with Gasteiger partial charge >= 0.3 is 0 Å². The highest BCUT2D eigenvalue weighted by Crippen LogP contribution is 2.31. The minimum absolute atomic E-state index is 0.0198. The molecule has 0 spiro atoms. The molecule has 3 rings (SSSR count). The minimum Gasteiger partial charge on any atom is -0.355 e. The number of nitrogens with zero attached hydrogens (tertiary/aromatic N) is 2. The maximum atomic E-state index is 12.8. The highest BCUT2D eigenvalue weighted by Gasteiger charge is 2.26. The largest absolute Gasteiger partial charge is 0.355 e. The molecule has 2 N–H and O–H groups in total. The molecule has 1 aromatic heterocycles. The summed E-state index contributed by atoms with van der Waals surface area (Å²) >= 11 is 6.01. The first-order valence-corrected chi connectivity index (χ1v) is 13.4. The van der Waals surface area contributed by atoms with Crippen molar-refractivity contribution in [3.63, 3.8) is 0 Å². The van der Waals surface area contributed by atoms with Crippen LogP contribution in [0.2, 0.25) is 5.02 Å². The van der Waals surface area contributed by atoms with Crippen molar-refractivity contribution in [3.05, 3.63) is 47.1 Å². The Kier molecular flexibility index (Phi) is 7.88. The molecule has 0 aliphatic carbocycles. The average molecular weight is 507 g/mol. The van der Waals surface area contributed by atoms with Gasteiger partial charge in [0.1, 0.15) is 0 Å². The molecule has 1 saturated heterocycles. The second-order valence-corrected chi connectivity index (χ2v) is 12.2. The molecule has 0 atom stereocenters. The number of benzene rings is 1. The third-order valence-electron chi connectivity index (χ3n) is 5.51. The van der Waals surface area contributed by atoms with Crippen molar-refractivity contribution in [2.45, 2.75) is 50.5 Å². The predicted molar refractivity (Wildman–Crippen MR) is 134 cm³/mol. The number of aromatic nitrogens is 1. The lowest BCUT2D eigenvalue weighted by atomic mass is 9.92. The van der Waals surface area contributed by atoms with Crippen LogP contribution in [0.15, 0.2) is 41.4 Å². The molecular formula is C24H31ClN4O4S. The number of anilines is 2. The first-order chi connectivity index (χ1) is 15.8. The summed E-state index contributed by atoms with van der Waals surface area (Å²) in [5.74, 6) is 0.375. The lowest BCUT2D eigenvalue weighted by molar-refractivity contribution is -0.123. The topological polar surface area (TPSA) is 108 Å². The summed E-state index contributed by atoms with van der Waals surface area (Å²) < 4.78 is 24.2. The van der Waals surface area contributed by atoms with Crippen molar-refractivity contribution in [3.8, 4) is 0 Å². The summed E-state index contributed by atoms with van der Waals surface area (Å²) in [6, 6.07) is 7.94. The van der Waals surface area contributed by atoms with Gasteiger partial charge in [0.05, 0.1) is 10.6 Å². The van der Waals surface area contributed by atoms with Gasteiger partial charge in [0, 0.05) is 48.1 Å². The van der Waals surface area contributed by atoms with Crippen molar-refractivity contribution in [1.82, 2.24) is 10.3 Å². The molecule has 2 aromatic rings. The van der Waals surface area contributed by atoms with Gasteiger partial charge in [0.25, 0.3) is 5.91 Å². The predicted octanol–water partition coefficient (Wildman–Crippen LogP) is 3.91. The molecule has 1 aliphatic heterocycles. The van der Waals surface area contributed by atoms with Crippen LogP contribution >= 0.6 is 11.6 Å². The number of pyridine rings is 1. The van der Waals surface area contributed by atoms with Crippen molar-refractivity contribution >= 4 is 44.8 Å². The Balaban J connectivity index is 1.77. The Morgan fingerprint density at radius 1 is 1.18 bits per heavy atom. The Bertz CT molecular complexity index is 1170. The lowest BCUT2D eigenvalue weighted by Gasteiger charge is -2.34. The highest BCUT2D eigenvalue weighted by atomic mass is 35.5. The maximum Gasteiger partial charge on any atom is 0.255 e. The molecule has 0 unspecified atom stereocenters. The third kappa shape index (κ3) is 7.17. The van der Waals surface area contributed by atoms with Gasteiger partial charge in [-0.2, -0.15) is 0 Å². The molecule has 0 saturated carbocycles. The third-order valence-corrected chi connectivity index (χ3v) is 6.82. The van der Waals surface area contributed by atoms with E-state index in [1.165, 1.54) is 12.3 Å². The Labute approximate surface area is 206 Å². The second kappa shape index (κ2) is 10.3. The first kappa shape index (κ1) is 26.0. The summed E-state index contributed by atoms with van der Waals surface area (Å²) in [5.41, 5.74) is 0.405. The van der Waals surface area contributed by atoms with E-state index in [4.69, 9.17) is 11.6 Å². The molecule has 2 heterocycles. The minimum atomic E-state index is -3.52. The van der Waals surface area contributed by atoms with Gasteiger partial charge in [-0.3, -0.25) is 9.59 Å². The number of amides is 2. The van der Waals surface area contributed by atoms with Crippen molar-refractivity contribution < 1.29 is 18.0 Å². The number of carbonyl (C=O) groups excluding carboxylic acids is 2. The standard InChI is InChI=1S/C24H31ClN4O4S/c1-24(2,3)28-21(30)12-16-8-10-29(11-9-16)22-20(14-19(15-26-22)34(4,32)33)27-23(31)17-6-5-7-18(25)13-17/h5-7,13-16H,8-12H2,1-4H3,(H,27,31)(H,28,30). The molecule has 8 nitrogen and oxygen atoms in total. The van der Waals surface area contributed by atoms with E-state index in [0.717, 1.165) is 19.1 Å². The van der Waals surface area contributed by atoms with Crippen LogP contribution in [-0.4, -0.2) is 50.1 Å². The number of carbonyl (C=O) groups is 2. The average Bonchev–Trinajstić information content (AvgIpc) is 2.72. The fourth-order valence-electron chi connectivity index (χ4n) is 3.89. The number of halogens is 1. The zero-order chi connectivity index (χ0) is 25.1. The van der Waals surface area contributed by atoms with Crippen molar-refractivity contribution in [2.75, 3.05) is 29.6 Å². The van der Waals surface area contributed by atoms with E-state index >= 15 is 0 Å². The fraction of sp³-hybridized carbons (Fsp3) is 0.458. The van der Waals surface area contributed by atoms with E-state index in [0.29, 0.717) is 41.6 Å². The first-order valence-electron chi connectivity index (χ1n) is 11.1. The number of sulfone groups is 1. The highest BCUT2D eigenvalue weighted by molar-refractivity contribution is 7.90. The molecule has 0 bridgehead atoms. The van der Waals surface area contributed by atoms with Gasteiger partial charge in [-0.05, 0) is 63.8 Å². The van der Waals surface area contributed by atoms with Crippen molar-refractivity contribution in [1.29, 1.82) is 0 Å². The summed E-state index contributed by atoms with van der Waals surface area (Å²) in [7, 11) is -3.52. The number of hydrogen-bond acceptors (Lipinski definition) is 6. The van der Waals surface area contributed by atoms with Crippen LogP contribution in [0.1, 0.15) is 50.4 Å². The molecule has 2 amide bonds. The SMILES string of the molecule is CC(C)(C)NC(=O)CC1CCN(c2ncc(S(C)(=O)=O)cc2NC(=O)c2cccc(Cl)c2)CC1. The fourth-order valence-corrected chi connectivity index (χ4v) is 4.66. The van der Waals surface area contributed by atoms with Crippen LogP contribution in [0.3, 0.4) is 0 Å². The quantitative estimate of drug-likeness (QED) is 0.614. The number of piperidine rings is 1. The van der Waals surface area contributed by atoms with Gasteiger partial charge < -0.3 is 15.5 Å². The van der Waals surface area contributed by atoms with Crippen molar-refractivity contribution in [2.24, 2.45) is 5.92 Å². The van der Waals surface area contributed by atoms with Gasteiger partial charge in [-0.15, -0.1) is 0 Å². The maximum absolute atomic E-state index is 12.8. The Hall–Kier alpha value is -2.65. The van der Waals surface area contributed by atoms with E-state index < -0.39 is 15.7 Å². The van der Waals surface area contributed by atoms with E-state index in [9.17, 15) is 18.0 Å². The smallest absolute Gasteiger partial charge is 0.255 e. The van der Waals surface area contributed by atoms with E-state index in [1.54, 1.807) is 24.3 Å². The monoisotopic (exact) mass is 506 g/mol. The second-order valence-electron chi connectivity index (χ2n) is 9.71. The molecule has 1 aliphatic rings. The number of nitrogens with one attached hydrogen (secondary N) is 2. The number of rotatable bonds is 6. The molecular weight excluding hydrogens is 476 g/mol. The van der Waals surface area contributed by atoms with Crippen LogP contribution < -0.4 is 15.5 Å².